The predicted molar refractivity (Wildman–Crippen MR) is 101 cm³/mol. The van der Waals surface area contributed by atoms with Crippen molar-refractivity contribution in [1.29, 1.82) is 0 Å². The molecule has 0 aliphatic heterocycles. The first-order valence-electron chi connectivity index (χ1n) is 8.43. The Morgan fingerprint density at radius 3 is 2.73 bits per heavy atom. The van der Waals surface area contributed by atoms with E-state index in [1.807, 2.05) is 24.3 Å². The topological polar surface area (TPSA) is 37.3 Å². The lowest BCUT2D eigenvalue weighted by Crippen LogP contribution is -2.33. The molecular formula is C21H21F2N3. The molecule has 3 nitrogen and oxygen atoms in total. The van der Waals surface area contributed by atoms with Gasteiger partial charge in [-0.25, -0.2) is 8.78 Å². The zero-order chi connectivity index (χ0) is 18.7. The highest BCUT2D eigenvalue weighted by molar-refractivity contribution is 6.00. The second-order valence-electron chi connectivity index (χ2n) is 6.87. The van der Waals surface area contributed by atoms with Crippen LogP contribution >= 0.6 is 0 Å². The SMILES string of the molecule is CN=C(NC1=CC(c2cc(F)ccc2F)=CCC1(C)C)c1cccnc1. The fraction of sp³-hybridized carbons (Fsp3) is 0.238. The second-order valence-corrected chi connectivity index (χ2v) is 6.87. The van der Waals surface area contributed by atoms with Crippen molar-refractivity contribution in [3.05, 3.63) is 83.3 Å². The summed E-state index contributed by atoms with van der Waals surface area (Å²) in [5, 5.41) is 3.36. The monoisotopic (exact) mass is 353 g/mol. The van der Waals surface area contributed by atoms with Crippen LogP contribution in [0.2, 0.25) is 0 Å². The Balaban J connectivity index is 1.97. The molecule has 0 saturated carbocycles. The minimum Gasteiger partial charge on any atom is -0.343 e. The maximum absolute atomic E-state index is 14.2. The van der Waals surface area contributed by atoms with Crippen molar-refractivity contribution in [2.24, 2.45) is 10.4 Å². The molecule has 5 heteroatoms. The van der Waals surface area contributed by atoms with Crippen molar-refractivity contribution in [3.8, 4) is 0 Å². The molecule has 0 radical (unpaired) electrons. The van der Waals surface area contributed by atoms with E-state index in [4.69, 9.17) is 0 Å². The Morgan fingerprint density at radius 2 is 2.04 bits per heavy atom. The lowest BCUT2D eigenvalue weighted by atomic mass is 9.79. The van der Waals surface area contributed by atoms with Gasteiger partial charge in [-0.15, -0.1) is 0 Å². The molecule has 1 N–H and O–H groups in total. The molecule has 1 aromatic heterocycles. The van der Waals surface area contributed by atoms with Crippen LogP contribution in [-0.2, 0) is 0 Å². The molecule has 0 bridgehead atoms. The van der Waals surface area contributed by atoms with Gasteiger partial charge in [0.15, 0.2) is 0 Å². The third kappa shape index (κ3) is 3.72. The fourth-order valence-corrected chi connectivity index (χ4v) is 2.88. The average Bonchev–Trinajstić information content (AvgIpc) is 2.63. The maximum Gasteiger partial charge on any atom is 0.133 e. The number of aliphatic imine (C=N–C) groups is 1. The lowest BCUT2D eigenvalue weighted by Gasteiger charge is -2.32. The summed E-state index contributed by atoms with van der Waals surface area (Å²) in [4.78, 5) is 8.44. The molecule has 0 atom stereocenters. The van der Waals surface area contributed by atoms with Gasteiger partial charge in [-0.1, -0.05) is 19.9 Å². The molecule has 0 fully saturated rings. The molecule has 1 aliphatic rings. The van der Waals surface area contributed by atoms with E-state index < -0.39 is 11.6 Å². The molecule has 2 aromatic rings. The Bertz CT molecular complexity index is 897. The first-order valence-corrected chi connectivity index (χ1v) is 8.43. The zero-order valence-corrected chi connectivity index (χ0v) is 15.1. The predicted octanol–water partition coefficient (Wildman–Crippen LogP) is 4.72. The molecule has 0 amide bonds. The van der Waals surface area contributed by atoms with Crippen molar-refractivity contribution in [3.63, 3.8) is 0 Å². The first-order chi connectivity index (χ1) is 12.4. The van der Waals surface area contributed by atoms with Crippen LogP contribution in [0.1, 0.15) is 31.4 Å². The molecular weight excluding hydrogens is 332 g/mol. The largest absolute Gasteiger partial charge is 0.343 e. The number of rotatable bonds is 3. The second kappa shape index (κ2) is 7.20. The first kappa shape index (κ1) is 18.0. The number of nitrogens with zero attached hydrogens (tertiary/aromatic N) is 2. The van der Waals surface area contributed by atoms with Gasteiger partial charge in [0.05, 0.1) is 0 Å². The summed E-state index contributed by atoms with van der Waals surface area (Å²) in [5.74, 6) is -0.218. The van der Waals surface area contributed by atoms with Crippen LogP contribution in [0.4, 0.5) is 8.78 Å². The van der Waals surface area contributed by atoms with Crippen LogP contribution in [0.15, 0.2) is 65.6 Å². The normalized spacial score (nSPS) is 16.7. The summed E-state index contributed by atoms with van der Waals surface area (Å²) in [7, 11) is 1.70. The summed E-state index contributed by atoms with van der Waals surface area (Å²) in [5.41, 5.74) is 2.48. The van der Waals surface area contributed by atoms with Crippen LogP contribution in [-0.4, -0.2) is 17.9 Å². The van der Waals surface area contributed by atoms with Crippen LogP contribution in [0, 0.1) is 17.0 Å². The van der Waals surface area contributed by atoms with Crippen LogP contribution in [0.3, 0.4) is 0 Å². The van der Waals surface area contributed by atoms with E-state index in [9.17, 15) is 8.78 Å². The van der Waals surface area contributed by atoms with Crippen molar-refractivity contribution in [2.45, 2.75) is 20.3 Å². The Morgan fingerprint density at radius 1 is 1.23 bits per heavy atom. The molecule has 134 valence electrons. The minimum absolute atomic E-state index is 0.189. The van der Waals surface area contributed by atoms with Crippen molar-refractivity contribution >= 4 is 11.4 Å². The number of hydrogen-bond acceptors (Lipinski definition) is 2. The van der Waals surface area contributed by atoms with Gasteiger partial charge < -0.3 is 5.32 Å². The van der Waals surface area contributed by atoms with E-state index in [0.29, 0.717) is 17.8 Å². The number of allylic oxidation sites excluding steroid dienone is 4. The molecule has 0 spiro atoms. The number of halogens is 2. The molecule has 1 aromatic carbocycles. The van der Waals surface area contributed by atoms with Crippen LogP contribution in [0.25, 0.3) is 5.57 Å². The number of aromatic nitrogens is 1. The van der Waals surface area contributed by atoms with E-state index >= 15 is 0 Å². The van der Waals surface area contributed by atoms with Gasteiger partial charge in [-0.2, -0.15) is 0 Å². The summed E-state index contributed by atoms with van der Waals surface area (Å²) in [6.45, 7) is 4.19. The van der Waals surface area contributed by atoms with E-state index in [1.54, 1.807) is 19.4 Å². The molecule has 1 aliphatic carbocycles. The number of amidine groups is 1. The van der Waals surface area contributed by atoms with Crippen LogP contribution in [0.5, 0.6) is 0 Å². The van der Waals surface area contributed by atoms with E-state index in [2.05, 4.69) is 29.1 Å². The standard InChI is InChI=1S/C21H21F2N3/c1-21(2)9-8-14(17-12-16(22)6-7-18(17)23)11-19(21)26-20(24-3)15-5-4-10-25-13-15/h4-8,10-13H,9H2,1-3H3,(H,24,26). The highest BCUT2D eigenvalue weighted by Crippen LogP contribution is 2.37. The Labute approximate surface area is 152 Å². The molecule has 0 unspecified atom stereocenters. The highest BCUT2D eigenvalue weighted by atomic mass is 19.1. The van der Waals surface area contributed by atoms with Gasteiger partial charge in [-0.3, -0.25) is 9.98 Å². The summed E-state index contributed by atoms with van der Waals surface area (Å²) in [6, 6.07) is 7.27. The van der Waals surface area contributed by atoms with Crippen LogP contribution < -0.4 is 5.32 Å². The van der Waals surface area contributed by atoms with Gasteiger partial charge in [-0.05, 0) is 48.4 Å². The summed E-state index contributed by atoms with van der Waals surface area (Å²) in [6.07, 6.45) is 7.93. The number of pyridine rings is 1. The summed E-state index contributed by atoms with van der Waals surface area (Å²) >= 11 is 0. The van der Waals surface area contributed by atoms with E-state index in [0.717, 1.165) is 23.4 Å². The quantitative estimate of drug-likeness (QED) is 0.640. The maximum atomic E-state index is 14.2. The number of nitrogens with one attached hydrogen (secondary N) is 1. The Kier molecular flexibility index (Phi) is 4.98. The lowest BCUT2D eigenvalue weighted by molar-refractivity contribution is 0.432. The fourth-order valence-electron chi connectivity index (χ4n) is 2.88. The Hall–Kier alpha value is -2.82. The molecule has 26 heavy (non-hydrogen) atoms. The third-order valence-electron chi connectivity index (χ3n) is 4.51. The van der Waals surface area contributed by atoms with Crippen molar-refractivity contribution in [1.82, 2.24) is 10.3 Å². The van der Waals surface area contributed by atoms with Gasteiger partial charge in [0.25, 0.3) is 0 Å². The smallest absolute Gasteiger partial charge is 0.133 e. The number of benzene rings is 1. The molecule has 1 heterocycles. The van der Waals surface area contributed by atoms with E-state index in [1.165, 1.54) is 6.07 Å². The van der Waals surface area contributed by atoms with E-state index in [-0.39, 0.29) is 11.0 Å². The van der Waals surface area contributed by atoms with Gasteiger partial charge in [0.1, 0.15) is 17.5 Å². The van der Waals surface area contributed by atoms with Gasteiger partial charge in [0.2, 0.25) is 0 Å². The highest BCUT2D eigenvalue weighted by Gasteiger charge is 2.28. The number of hydrogen-bond donors (Lipinski definition) is 1. The van der Waals surface area contributed by atoms with Crippen molar-refractivity contribution in [2.75, 3.05) is 7.05 Å². The summed E-state index contributed by atoms with van der Waals surface area (Å²) < 4.78 is 27.8. The van der Waals surface area contributed by atoms with Gasteiger partial charge >= 0.3 is 0 Å². The minimum atomic E-state index is -0.457. The zero-order valence-electron chi connectivity index (χ0n) is 15.1. The average molecular weight is 353 g/mol. The molecule has 0 saturated heterocycles. The third-order valence-corrected chi connectivity index (χ3v) is 4.51. The molecule has 3 rings (SSSR count). The van der Waals surface area contributed by atoms with Gasteiger partial charge in [0, 0.05) is 41.7 Å². The van der Waals surface area contributed by atoms with Crippen molar-refractivity contribution < 1.29 is 8.78 Å².